The van der Waals surface area contributed by atoms with Gasteiger partial charge in [0.1, 0.15) is 0 Å². The van der Waals surface area contributed by atoms with Crippen molar-refractivity contribution in [2.75, 3.05) is 6.61 Å². The molecule has 9 atom stereocenters. The Hall–Kier alpha value is -0.200. The highest BCUT2D eigenvalue weighted by atomic mass is 17.3. The van der Waals surface area contributed by atoms with Crippen LogP contribution in [0.5, 0.6) is 0 Å². The van der Waals surface area contributed by atoms with E-state index in [0.29, 0.717) is 23.7 Å². The van der Waals surface area contributed by atoms with Crippen molar-refractivity contribution in [2.24, 2.45) is 29.1 Å². The largest absolute Gasteiger partial charge is 0.352 e. The second kappa shape index (κ2) is 4.50. The molecule has 5 saturated heterocycles. The lowest BCUT2D eigenvalue weighted by Gasteiger charge is -2.63. The first-order chi connectivity index (χ1) is 10.9. The number of hydrogen-bond donors (Lipinski definition) is 0. The lowest BCUT2D eigenvalue weighted by atomic mass is 9.51. The fourth-order valence-electron chi connectivity index (χ4n) is 6.14. The normalized spacial score (nSPS) is 64.2. The van der Waals surface area contributed by atoms with Gasteiger partial charge in [-0.2, -0.15) is 0 Å². The number of fused-ring (bicyclic) bond motifs is 4. The molecule has 1 saturated carbocycles. The lowest BCUT2D eigenvalue weighted by Crippen LogP contribution is -2.73. The average Bonchev–Trinajstić information content (AvgIpc) is 2.67. The summed E-state index contributed by atoms with van der Waals surface area (Å²) in [6, 6.07) is 0. The van der Waals surface area contributed by atoms with E-state index in [1.54, 1.807) is 0 Å². The molecule has 0 aromatic rings. The Balaban J connectivity index is 1.67. The average molecular weight is 324 g/mol. The molecule has 1 aliphatic carbocycles. The molecule has 1 spiro atoms. The van der Waals surface area contributed by atoms with Crippen LogP contribution in [-0.2, 0) is 24.0 Å². The van der Waals surface area contributed by atoms with E-state index < -0.39 is 11.4 Å². The highest BCUT2D eigenvalue weighted by Gasteiger charge is 2.74. The quantitative estimate of drug-likeness (QED) is 0.640. The molecule has 5 heteroatoms. The van der Waals surface area contributed by atoms with E-state index in [1.165, 1.54) is 6.42 Å². The molecule has 5 heterocycles. The van der Waals surface area contributed by atoms with Gasteiger partial charge in [-0.05, 0) is 43.9 Å². The van der Waals surface area contributed by atoms with E-state index in [-0.39, 0.29) is 18.0 Å². The van der Waals surface area contributed by atoms with Crippen molar-refractivity contribution >= 4 is 0 Å². The summed E-state index contributed by atoms with van der Waals surface area (Å²) in [5, 5.41) is 0. The predicted octanol–water partition coefficient (Wildman–Crippen LogP) is 3.23. The Labute approximate surface area is 137 Å². The molecule has 0 aromatic carbocycles. The number of ether oxygens (including phenoxy) is 3. The summed E-state index contributed by atoms with van der Waals surface area (Å²) in [5.41, 5.74) is -0.527. The first kappa shape index (κ1) is 15.1. The molecule has 5 aliphatic heterocycles. The Morgan fingerprint density at radius 1 is 0.957 bits per heavy atom. The molecule has 6 aliphatic rings. The van der Waals surface area contributed by atoms with Crippen molar-refractivity contribution in [2.45, 2.75) is 77.3 Å². The van der Waals surface area contributed by atoms with E-state index >= 15 is 0 Å². The third kappa shape index (κ3) is 1.66. The zero-order valence-corrected chi connectivity index (χ0v) is 14.5. The monoisotopic (exact) mass is 324 g/mol. The fourth-order valence-corrected chi connectivity index (χ4v) is 6.14. The second-order valence-electron chi connectivity index (χ2n) is 8.92. The van der Waals surface area contributed by atoms with Crippen LogP contribution in [-0.4, -0.2) is 30.6 Å². The molecule has 0 aromatic heterocycles. The molecular formula is C18H28O5. The van der Waals surface area contributed by atoms with Gasteiger partial charge in [0.2, 0.25) is 5.79 Å². The van der Waals surface area contributed by atoms with Crippen molar-refractivity contribution in [3.8, 4) is 0 Å². The van der Waals surface area contributed by atoms with Gasteiger partial charge in [0, 0.05) is 17.8 Å². The van der Waals surface area contributed by atoms with Crippen LogP contribution in [0.1, 0.15) is 53.4 Å². The minimum absolute atomic E-state index is 0.0420. The predicted molar refractivity (Wildman–Crippen MR) is 80.9 cm³/mol. The molecule has 0 radical (unpaired) electrons. The van der Waals surface area contributed by atoms with Gasteiger partial charge in [-0.1, -0.05) is 20.8 Å². The smallest absolute Gasteiger partial charge is 0.201 e. The molecule has 130 valence electrons. The summed E-state index contributed by atoms with van der Waals surface area (Å²) in [5.74, 6) is 1.11. The minimum atomic E-state index is -0.699. The topological polar surface area (TPSA) is 46.2 Å². The van der Waals surface area contributed by atoms with Crippen LogP contribution >= 0.6 is 0 Å². The van der Waals surface area contributed by atoms with E-state index in [9.17, 15) is 0 Å². The maximum absolute atomic E-state index is 6.39. The third-order valence-corrected chi connectivity index (χ3v) is 7.78. The molecule has 0 unspecified atom stereocenters. The Morgan fingerprint density at radius 2 is 1.78 bits per heavy atom. The minimum Gasteiger partial charge on any atom is -0.352 e. The van der Waals surface area contributed by atoms with Crippen molar-refractivity contribution in [3.63, 3.8) is 0 Å². The van der Waals surface area contributed by atoms with Crippen molar-refractivity contribution in [1.82, 2.24) is 0 Å². The van der Waals surface area contributed by atoms with Crippen LogP contribution in [0.25, 0.3) is 0 Å². The van der Waals surface area contributed by atoms with E-state index in [1.807, 2.05) is 6.92 Å². The van der Waals surface area contributed by atoms with Crippen LogP contribution in [0.3, 0.4) is 0 Å². The van der Waals surface area contributed by atoms with Gasteiger partial charge in [-0.25, -0.2) is 9.78 Å². The molecule has 5 nitrogen and oxygen atoms in total. The first-order valence-electron chi connectivity index (χ1n) is 9.22. The summed E-state index contributed by atoms with van der Waals surface area (Å²) in [6.45, 7) is 9.66. The van der Waals surface area contributed by atoms with Gasteiger partial charge in [0.25, 0.3) is 0 Å². The summed E-state index contributed by atoms with van der Waals surface area (Å²) in [4.78, 5) is 12.1. The molecule has 0 N–H and O–H groups in total. The maximum Gasteiger partial charge on any atom is 0.201 e. The fraction of sp³-hybridized carbons (Fsp3) is 1.00. The number of rotatable bonds is 0. The van der Waals surface area contributed by atoms with Crippen LogP contribution in [0, 0.1) is 29.1 Å². The number of hydrogen-bond acceptors (Lipinski definition) is 5. The van der Waals surface area contributed by atoms with Gasteiger partial charge in [-0.3, -0.25) is 0 Å². The molecule has 6 fully saturated rings. The lowest BCUT2D eigenvalue weighted by molar-refractivity contribution is -0.580. The van der Waals surface area contributed by atoms with Gasteiger partial charge < -0.3 is 14.2 Å². The first-order valence-corrected chi connectivity index (χ1v) is 9.22. The molecule has 2 bridgehead atoms. The maximum atomic E-state index is 6.39. The molecular weight excluding hydrogens is 296 g/mol. The van der Waals surface area contributed by atoms with Crippen LogP contribution in [0.15, 0.2) is 0 Å². The molecule has 23 heavy (non-hydrogen) atoms. The summed E-state index contributed by atoms with van der Waals surface area (Å²) in [6.07, 6.45) is 3.71. The summed E-state index contributed by atoms with van der Waals surface area (Å²) in [7, 11) is 0. The van der Waals surface area contributed by atoms with Crippen molar-refractivity contribution in [1.29, 1.82) is 0 Å². The Kier molecular flexibility index (Phi) is 2.95. The summed E-state index contributed by atoms with van der Waals surface area (Å²) >= 11 is 0. The SMILES string of the molecule is C[C@@H]1CC[C@H]2[C@@]3(C)[C@H](OC[C@H]3C)O[C@@H]3O[C@@]4(C)CC[C@@H]1[C@]32OO4. The molecule has 0 amide bonds. The third-order valence-electron chi connectivity index (χ3n) is 7.78. The van der Waals surface area contributed by atoms with E-state index in [0.717, 1.165) is 25.9 Å². The molecule has 6 rings (SSSR count). The van der Waals surface area contributed by atoms with Crippen LogP contribution in [0.2, 0.25) is 0 Å². The standard InChI is InChI=1S/C18H28O5/c1-10-5-6-13-17(4)11(2)9-19-14(17)20-15-18(13)12(10)7-8-16(3,21-15)22-23-18/h10-15H,5-9H2,1-4H3/t10-,11-,12+,13+,14-,15-,16-,17+,18-/m1/s1. The van der Waals surface area contributed by atoms with Crippen molar-refractivity contribution in [3.05, 3.63) is 0 Å². The van der Waals surface area contributed by atoms with Crippen LogP contribution < -0.4 is 0 Å². The van der Waals surface area contributed by atoms with Crippen LogP contribution in [0.4, 0.5) is 0 Å². The van der Waals surface area contributed by atoms with E-state index in [2.05, 4.69) is 20.8 Å². The van der Waals surface area contributed by atoms with Gasteiger partial charge in [0.05, 0.1) is 6.61 Å². The van der Waals surface area contributed by atoms with Gasteiger partial charge in [0.15, 0.2) is 18.2 Å². The highest BCUT2D eigenvalue weighted by molar-refractivity contribution is 5.14. The zero-order chi connectivity index (χ0) is 16.0. The second-order valence-corrected chi connectivity index (χ2v) is 8.92. The van der Waals surface area contributed by atoms with E-state index in [4.69, 9.17) is 24.0 Å². The highest BCUT2D eigenvalue weighted by Crippen LogP contribution is 2.66. The zero-order valence-electron chi connectivity index (χ0n) is 14.5. The Bertz CT molecular complexity index is 526. The van der Waals surface area contributed by atoms with Gasteiger partial charge >= 0.3 is 0 Å². The summed E-state index contributed by atoms with van der Waals surface area (Å²) < 4.78 is 18.7. The Morgan fingerprint density at radius 3 is 2.61 bits per heavy atom. The van der Waals surface area contributed by atoms with Crippen molar-refractivity contribution < 1.29 is 24.0 Å². The van der Waals surface area contributed by atoms with Gasteiger partial charge in [-0.15, -0.1) is 0 Å².